The van der Waals surface area contributed by atoms with E-state index in [1.54, 1.807) is 24.3 Å². The second-order valence-corrected chi connectivity index (χ2v) is 10.3. The van der Waals surface area contributed by atoms with E-state index in [1.165, 1.54) is 4.90 Å². The van der Waals surface area contributed by atoms with Crippen LogP contribution in [0.15, 0.2) is 72.8 Å². The molecule has 3 aromatic rings. The van der Waals surface area contributed by atoms with Gasteiger partial charge in [0.2, 0.25) is 17.7 Å². The number of likely N-dealkylation sites (tertiary alicyclic amines) is 1. The number of nitrogens with zero attached hydrogens (tertiary/aromatic N) is 1. The fraction of sp³-hybridized carbons (Fsp3) is 0.300. The molecule has 1 heterocycles. The first-order chi connectivity index (χ1) is 17.5. The second-order valence-electron chi connectivity index (χ2n) is 9.94. The number of carbonyl (C=O) groups excluding carboxylic acids is 3. The Balaban J connectivity index is 1.41. The molecule has 1 aliphatic heterocycles. The van der Waals surface area contributed by atoms with Crippen molar-refractivity contribution in [3.05, 3.63) is 100 Å². The molecule has 182 valence electrons. The number of anilines is 1. The molecule has 0 radical (unpaired) electrons. The molecule has 1 N–H and O–H groups in total. The fourth-order valence-electron chi connectivity index (χ4n) is 6.56. The Bertz CT molecular complexity index is 1270. The molecule has 7 rings (SSSR count). The predicted octanol–water partition coefficient (Wildman–Crippen LogP) is 5.73. The molecule has 2 bridgehead atoms. The van der Waals surface area contributed by atoms with Gasteiger partial charge in [0.1, 0.15) is 6.04 Å². The van der Waals surface area contributed by atoms with Crippen molar-refractivity contribution >= 4 is 35.0 Å². The summed E-state index contributed by atoms with van der Waals surface area (Å²) in [6.45, 7) is 2.03. The Hall–Kier alpha value is -3.44. The van der Waals surface area contributed by atoms with Crippen molar-refractivity contribution in [2.24, 2.45) is 11.8 Å². The van der Waals surface area contributed by atoms with E-state index in [4.69, 9.17) is 11.6 Å². The van der Waals surface area contributed by atoms with Gasteiger partial charge in [-0.05, 0) is 40.8 Å². The number of hydrogen-bond donors (Lipinski definition) is 1. The van der Waals surface area contributed by atoms with E-state index in [2.05, 4.69) is 29.6 Å². The summed E-state index contributed by atoms with van der Waals surface area (Å²) in [6.07, 6.45) is 1.99. The van der Waals surface area contributed by atoms with Crippen LogP contribution in [0.5, 0.6) is 0 Å². The van der Waals surface area contributed by atoms with Crippen molar-refractivity contribution in [2.45, 2.75) is 44.1 Å². The molecule has 0 aromatic heterocycles. The lowest BCUT2D eigenvalue weighted by atomic mass is 9.55. The average molecular weight is 499 g/mol. The summed E-state index contributed by atoms with van der Waals surface area (Å²) in [6, 6.07) is 22.4. The predicted molar refractivity (Wildman–Crippen MR) is 139 cm³/mol. The van der Waals surface area contributed by atoms with E-state index in [-0.39, 0.29) is 29.6 Å². The first-order valence-electron chi connectivity index (χ1n) is 12.6. The van der Waals surface area contributed by atoms with Gasteiger partial charge in [-0.2, -0.15) is 0 Å². The molecule has 3 aromatic carbocycles. The van der Waals surface area contributed by atoms with Crippen LogP contribution in [0.1, 0.15) is 60.3 Å². The monoisotopic (exact) mass is 498 g/mol. The highest BCUT2D eigenvalue weighted by Gasteiger charge is 2.62. The zero-order valence-electron chi connectivity index (χ0n) is 20.0. The summed E-state index contributed by atoms with van der Waals surface area (Å²) in [5, 5.41) is 3.29. The van der Waals surface area contributed by atoms with E-state index in [0.717, 1.165) is 35.1 Å². The minimum absolute atomic E-state index is 0.188. The Morgan fingerprint density at radius 1 is 0.833 bits per heavy atom. The van der Waals surface area contributed by atoms with Gasteiger partial charge >= 0.3 is 0 Å². The van der Waals surface area contributed by atoms with Crippen LogP contribution in [0.25, 0.3) is 0 Å². The van der Waals surface area contributed by atoms with Gasteiger partial charge in [0.05, 0.1) is 22.5 Å². The summed E-state index contributed by atoms with van der Waals surface area (Å²) in [4.78, 5) is 43.0. The lowest BCUT2D eigenvalue weighted by Gasteiger charge is -2.45. The molecular weight excluding hydrogens is 472 g/mol. The number of carbonyl (C=O) groups is 3. The standard InChI is InChI=1S/C30H27ClN2O3/c1-2-3-16-23(28(34)32-22-15-9-8-14-21(22)31)33-29(35)26-24-17-10-4-5-11-18(17)25(27(26)30(33)36)20-13-7-6-12-19(20)24/h4-15,23-27H,2-3,16H2,1H3,(H,32,34)/t23-,24?,25?,26-,27+/m0/s1. The molecule has 1 fully saturated rings. The largest absolute Gasteiger partial charge is 0.323 e. The molecular formula is C30H27ClN2O3. The third kappa shape index (κ3) is 3.33. The van der Waals surface area contributed by atoms with Gasteiger partial charge in [-0.1, -0.05) is 92.0 Å². The summed E-state index contributed by atoms with van der Waals surface area (Å²) >= 11 is 6.28. The Morgan fingerprint density at radius 2 is 1.31 bits per heavy atom. The minimum atomic E-state index is -0.877. The van der Waals surface area contributed by atoms with Crippen LogP contribution in [-0.2, 0) is 14.4 Å². The maximum absolute atomic E-state index is 14.1. The second kappa shape index (κ2) is 8.90. The van der Waals surface area contributed by atoms with Gasteiger partial charge in [0.25, 0.3) is 0 Å². The van der Waals surface area contributed by atoms with Crippen molar-refractivity contribution in [1.29, 1.82) is 0 Å². The molecule has 3 aliphatic carbocycles. The number of nitrogens with one attached hydrogen (secondary N) is 1. The number of halogens is 1. The van der Waals surface area contributed by atoms with Crippen molar-refractivity contribution in [3.8, 4) is 0 Å². The van der Waals surface area contributed by atoms with Gasteiger partial charge in [0.15, 0.2) is 0 Å². The maximum atomic E-state index is 14.1. The number of rotatable bonds is 6. The summed E-state index contributed by atoms with van der Waals surface area (Å²) < 4.78 is 0. The SMILES string of the molecule is CCCC[C@@H](C(=O)Nc1ccccc1Cl)N1C(=O)[C@@H]2C3c4ccccc4C(c4ccccc43)[C@@H]2C1=O. The Labute approximate surface area is 215 Å². The van der Waals surface area contributed by atoms with Gasteiger partial charge in [-0.15, -0.1) is 0 Å². The lowest BCUT2D eigenvalue weighted by Crippen LogP contribution is -2.48. The highest BCUT2D eigenvalue weighted by molar-refractivity contribution is 6.33. The zero-order valence-corrected chi connectivity index (χ0v) is 20.7. The lowest BCUT2D eigenvalue weighted by molar-refractivity contribution is -0.147. The zero-order chi connectivity index (χ0) is 25.0. The molecule has 0 unspecified atom stereocenters. The number of hydrogen-bond acceptors (Lipinski definition) is 3. The highest BCUT2D eigenvalue weighted by atomic mass is 35.5. The summed E-state index contributed by atoms with van der Waals surface area (Å²) in [5.41, 5.74) is 4.96. The van der Waals surface area contributed by atoms with Crippen LogP contribution >= 0.6 is 11.6 Å². The topological polar surface area (TPSA) is 66.5 Å². The van der Waals surface area contributed by atoms with E-state index < -0.39 is 17.9 Å². The van der Waals surface area contributed by atoms with Crippen LogP contribution < -0.4 is 5.32 Å². The number of benzene rings is 3. The van der Waals surface area contributed by atoms with Crippen LogP contribution in [0.4, 0.5) is 5.69 Å². The Morgan fingerprint density at radius 3 is 1.78 bits per heavy atom. The van der Waals surface area contributed by atoms with Crippen LogP contribution in [0, 0.1) is 11.8 Å². The number of amides is 3. The first-order valence-corrected chi connectivity index (χ1v) is 13.0. The molecule has 3 amide bonds. The van der Waals surface area contributed by atoms with Crippen LogP contribution in [0.2, 0.25) is 5.02 Å². The molecule has 3 atom stereocenters. The number of para-hydroxylation sites is 1. The van der Waals surface area contributed by atoms with Crippen LogP contribution in [-0.4, -0.2) is 28.7 Å². The normalized spacial score (nSPS) is 24.2. The Kier molecular flexibility index (Phi) is 5.68. The van der Waals surface area contributed by atoms with E-state index >= 15 is 0 Å². The van der Waals surface area contributed by atoms with E-state index in [9.17, 15) is 14.4 Å². The smallest absolute Gasteiger partial charge is 0.247 e. The molecule has 4 aliphatic rings. The number of unbranched alkanes of at least 4 members (excludes halogenated alkanes) is 1. The molecule has 36 heavy (non-hydrogen) atoms. The van der Waals surface area contributed by atoms with Crippen molar-refractivity contribution in [1.82, 2.24) is 4.90 Å². The van der Waals surface area contributed by atoms with Crippen molar-refractivity contribution < 1.29 is 14.4 Å². The maximum Gasteiger partial charge on any atom is 0.247 e. The molecule has 1 saturated heterocycles. The average Bonchev–Trinajstić information content (AvgIpc) is 3.16. The van der Waals surface area contributed by atoms with E-state index in [0.29, 0.717) is 17.1 Å². The summed E-state index contributed by atoms with van der Waals surface area (Å²) in [5.74, 6) is -2.22. The van der Waals surface area contributed by atoms with Gasteiger partial charge in [0, 0.05) is 11.8 Å². The quantitative estimate of drug-likeness (QED) is 0.441. The molecule has 6 heteroatoms. The number of imide groups is 1. The third-order valence-corrected chi connectivity index (χ3v) is 8.39. The van der Waals surface area contributed by atoms with Gasteiger partial charge in [-0.3, -0.25) is 19.3 Å². The fourth-order valence-corrected chi connectivity index (χ4v) is 6.74. The van der Waals surface area contributed by atoms with Gasteiger partial charge in [-0.25, -0.2) is 0 Å². The van der Waals surface area contributed by atoms with Crippen molar-refractivity contribution in [3.63, 3.8) is 0 Å². The first kappa shape index (κ1) is 23.0. The molecule has 5 nitrogen and oxygen atoms in total. The third-order valence-electron chi connectivity index (χ3n) is 8.06. The van der Waals surface area contributed by atoms with E-state index in [1.807, 2.05) is 31.2 Å². The van der Waals surface area contributed by atoms with Crippen LogP contribution in [0.3, 0.4) is 0 Å². The minimum Gasteiger partial charge on any atom is -0.323 e. The van der Waals surface area contributed by atoms with Gasteiger partial charge < -0.3 is 5.32 Å². The van der Waals surface area contributed by atoms with Crippen molar-refractivity contribution in [2.75, 3.05) is 5.32 Å². The molecule has 0 spiro atoms. The highest BCUT2D eigenvalue weighted by Crippen LogP contribution is 2.61. The summed E-state index contributed by atoms with van der Waals surface area (Å²) in [7, 11) is 0. The molecule has 0 saturated carbocycles.